The number of aromatic nitrogens is 2. The molecule has 0 spiro atoms. The summed E-state index contributed by atoms with van der Waals surface area (Å²) in [5, 5.41) is 19.0. The summed E-state index contributed by atoms with van der Waals surface area (Å²) in [6.07, 6.45) is 0. The van der Waals surface area contributed by atoms with E-state index in [-0.39, 0.29) is 5.92 Å². The number of nitrogens with one attached hydrogen (secondary N) is 1. The van der Waals surface area contributed by atoms with Crippen molar-refractivity contribution >= 4 is 33.8 Å². The number of hydrogen-bond donors (Lipinski definition) is 2. The lowest BCUT2D eigenvalue weighted by Crippen LogP contribution is -1.98. The van der Waals surface area contributed by atoms with Gasteiger partial charge in [-0.2, -0.15) is 4.98 Å². The number of aromatic carboxylic acids is 1. The maximum absolute atomic E-state index is 11.1. The van der Waals surface area contributed by atoms with Gasteiger partial charge in [0.25, 0.3) is 0 Å². The first kappa shape index (κ1) is 20.9. The highest BCUT2D eigenvalue weighted by molar-refractivity contribution is 7.13. The third kappa shape index (κ3) is 4.36. The molecule has 0 saturated heterocycles. The van der Waals surface area contributed by atoms with E-state index in [1.807, 2.05) is 48.5 Å². The van der Waals surface area contributed by atoms with Crippen LogP contribution in [0.15, 0.2) is 83.4 Å². The molecule has 0 aliphatic heterocycles. The van der Waals surface area contributed by atoms with Crippen LogP contribution in [0.4, 0.5) is 5.69 Å². The molecule has 0 fully saturated rings. The highest BCUT2D eigenvalue weighted by Crippen LogP contribution is 2.31. The molecule has 6 nitrogen and oxygen atoms in total. The van der Waals surface area contributed by atoms with Gasteiger partial charge >= 0.3 is 5.97 Å². The Labute approximate surface area is 194 Å². The van der Waals surface area contributed by atoms with Crippen molar-refractivity contribution in [2.45, 2.75) is 19.4 Å². The Bertz CT molecular complexity index is 1430. The van der Waals surface area contributed by atoms with E-state index in [2.05, 4.69) is 46.6 Å². The normalized spacial score (nSPS) is 12.0. The molecule has 2 aromatic heterocycles. The van der Waals surface area contributed by atoms with E-state index in [9.17, 15) is 4.79 Å². The molecule has 3 aromatic carbocycles. The van der Waals surface area contributed by atoms with Gasteiger partial charge in [-0.05, 0) is 47.5 Å². The highest BCUT2D eigenvalue weighted by atomic mass is 32.1. The van der Waals surface area contributed by atoms with Crippen molar-refractivity contribution in [3.8, 4) is 11.4 Å². The Morgan fingerprint density at radius 2 is 1.88 bits per heavy atom. The van der Waals surface area contributed by atoms with Crippen molar-refractivity contribution in [1.82, 2.24) is 10.1 Å². The second-order valence-corrected chi connectivity index (χ2v) is 8.92. The number of carbonyl (C=O) groups is 1. The van der Waals surface area contributed by atoms with Crippen molar-refractivity contribution in [2.75, 3.05) is 5.32 Å². The smallest absolute Gasteiger partial charge is 0.345 e. The maximum atomic E-state index is 11.1. The van der Waals surface area contributed by atoms with Crippen LogP contribution in [0.3, 0.4) is 0 Å². The molecule has 5 rings (SSSR count). The quantitative estimate of drug-likeness (QED) is 0.295. The van der Waals surface area contributed by atoms with Crippen LogP contribution in [0.2, 0.25) is 0 Å². The molecule has 0 radical (unpaired) electrons. The minimum Gasteiger partial charge on any atom is -0.477 e. The molecule has 33 heavy (non-hydrogen) atoms. The second-order valence-electron chi connectivity index (χ2n) is 7.75. The van der Waals surface area contributed by atoms with Gasteiger partial charge in [-0.15, -0.1) is 11.3 Å². The van der Waals surface area contributed by atoms with Gasteiger partial charge in [0.15, 0.2) is 0 Å². The lowest BCUT2D eigenvalue weighted by atomic mass is 9.95. The summed E-state index contributed by atoms with van der Waals surface area (Å²) in [7, 11) is 0. The third-order valence-electron chi connectivity index (χ3n) is 5.56. The number of thiophene rings is 1. The fourth-order valence-electron chi connectivity index (χ4n) is 3.83. The first-order valence-corrected chi connectivity index (χ1v) is 11.4. The van der Waals surface area contributed by atoms with Crippen LogP contribution in [-0.2, 0) is 6.54 Å². The van der Waals surface area contributed by atoms with E-state index in [1.54, 1.807) is 6.07 Å². The van der Waals surface area contributed by atoms with Gasteiger partial charge in [-0.1, -0.05) is 59.8 Å². The number of benzene rings is 3. The summed E-state index contributed by atoms with van der Waals surface area (Å²) in [5.41, 5.74) is 2.89. The Balaban J connectivity index is 1.34. The summed E-state index contributed by atoms with van der Waals surface area (Å²) in [4.78, 5) is 17.0. The zero-order chi connectivity index (χ0) is 22.8. The van der Waals surface area contributed by atoms with Gasteiger partial charge in [0.1, 0.15) is 4.88 Å². The summed E-state index contributed by atoms with van der Waals surface area (Å²) in [6.45, 7) is 2.61. The molecule has 5 aromatic rings. The van der Waals surface area contributed by atoms with Crippen molar-refractivity contribution in [2.24, 2.45) is 0 Å². The fourth-order valence-corrected chi connectivity index (χ4v) is 4.62. The Kier molecular flexibility index (Phi) is 5.62. The molecule has 0 aliphatic rings. The molecule has 1 atom stereocenters. The average Bonchev–Trinajstić information content (AvgIpc) is 3.52. The standard InChI is InChI=1S/C26H21N3O3S/c1-16(21-11-5-7-17-6-2-3-10-22(17)21)25-28-24(29-32-25)18-8-4-9-19(14-18)27-15-20-12-13-23(33-20)26(30)31/h2-14,16,27H,15H2,1H3,(H,30,31). The summed E-state index contributed by atoms with van der Waals surface area (Å²) in [5.74, 6) is 0.157. The van der Waals surface area contributed by atoms with Crippen LogP contribution in [-0.4, -0.2) is 21.2 Å². The summed E-state index contributed by atoms with van der Waals surface area (Å²) < 4.78 is 5.64. The van der Waals surface area contributed by atoms with Crippen LogP contribution in [0.1, 0.15) is 38.8 Å². The molecule has 0 saturated carbocycles. The molecule has 0 aliphatic carbocycles. The summed E-state index contributed by atoms with van der Waals surface area (Å²) >= 11 is 1.26. The van der Waals surface area contributed by atoms with Crippen LogP contribution in [0, 0.1) is 0 Å². The van der Waals surface area contributed by atoms with E-state index in [4.69, 9.17) is 9.63 Å². The minimum absolute atomic E-state index is 0.0408. The number of carboxylic acid groups (broad SMARTS) is 1. The Morgan fingerprint density at radius 1 is 1.06 bits per heavy atom. The zero-order valence-electron chi connectivity index (χ0n) is 17.9. The third-order valence-corrected chi connectivity index (χ3v) is 6.64. The van der Waals surface area contributed by atoms with Gasteiger partial charge in [0, 0.05) is 22.7 Å². The van der Waals surface area contributed by atoms with E-state index in [0.29, 0.717) is 23.1 Å². The molecule has 0 bridgehead atoms. The van der Waals surface area contributed by atoms with Crippen LogP contribution >= 0.6 is 11.3 Å². The number of nitrogens with zero attached hydrogens (tertiary/aromatic N) is 2. The van der Waals surface area contributed by atoms with Gasteiger partial charge in [0.05, 0.1) is 5.92 Å². The SMILES string of the molecule is CC(c1nc(-c2cccc(NCc3ccc(C(=O)O)s3)c2)no1)c1cccc2ccccc12. The van der Waals surface area contributed by atoms with Crippen molar-refractivity contribution < 1.29 is 14.4 Å². The molecule has 2 heterocycles. The zero-order valence-corrected chi connectivity index (χ0v) is 18.7. The monoisotopic (exact) mass is 455 g/mol. The topological polar surface area (TPSA) is 88.2 Å². The van der Waals surface area contributed by atoms with Crippen LogP contribution in [0.5, 0.6) is 0 Å². The predicted molar refractivity (Wildman–Crippen MR) is 130 cm³/mol. The molecule has 1 unspecified atom stereocenters. The van der Waals surface area contributed by atoms with Gasteiger partial charge < -0.3 is 14.9 Å². The molecule has 7 heteroatoms. The van der Waals surface area contributed by atoms with E-state index < -0.39 is 5.97 Å². The largest absolute Gasteiger partial charge is 0.477 e. The van der Waals surface area contributed by atoms with Crippen molar-refractivity contribution in [3.63, 3.8) is 0 Å². The first-order valence-electron chi connectivity index (χ1n) is 10.6. The molecule has 0 amide bonds. The van der Waals surface area contributed by atoms with E-state index in [0.717, 1.165) is 21.7 Å². The number of fused-ring (bicyclic) bond motifs is 1. The van der Waals surface area contributed by atoms with E-state index >= 15 is 0 Å². The van der Waals surface area contributed by atoms with Gasteiger partial charge in [-0.3, -0.25) is 0 Å². The van der Waals surface area contributed by atoms with E-state index in [1.165, 1.54) is 22.1 Å². The summed E-state index contributed by atoms with van der Waals surface area (Å²) in [6, 6.07) is 25.8. The maximum Gasteiger partial charge on any atom is 0.345 e. The number of hydrogen-bond acceptors (Lipinski definition) is 6. The lowest BCUT2D eigenvalue weighted by molar-refractivity contribution is 0.0702. The fraction of sp³-hybridized carbons (Fsp3) is 0.115. The highest BCUT2D eigenvalue weighted by Gasteiger charge is 2.19. The van der Waals surface area contributed by atoms with Crippen LogP contribution < -0.4 is 5.32 Å². The lowest BCUT2D eigenvalue weighted by Gasteiger charge is -2.10. The van der Waals surface area contributed by atoms with Crippen molar-refractivity contribution in [1.29, 1.82) is 0 Å². The minimum atomic E-state index is -0.904. The van der Waals surface area contributed by atoms with Crippen LogP contribution in [0.25, 0.3) is 22.2 Å². The Hall–Kier alpha value is -3.97. The Morgan fingerprint density at radius 3 is 2.73 bits per heavy atom. The molecular weight excluding hydrogens is 434 g/mol. The van der Waals surface area contributed by atoms with Crippen molar-refractivity contribution in [3.05, 3.63) is 100 Å². The number of anilines is 1. The second kappa shape index (κ2) is 8.88. The predicted octanol–water partition coefficient (Wildman–Crippen LogP) is 6.41. The average molecular weight is 456 g/mol. The molecule has 164 valence electrons. The van der Waals surface area contributed by atoms with Gasteiger partial charge in [0.2, 0.25) is 11.7 Å². The molecule has 2 N–H and O–H groups in total. The number of rotatable bonds is 7. The first-order chi connectivity index (χ1) is 16.1. The molecular formula is C26H21N3O3S. The van der Waals surface area contributed by atoms with Gasteiger partial charge in [-0.25, -0.2) is 4.79 Å². The number of carboxylic acids is 1.